The highest BCUT2D eigenvalue weighted by atomic mass is 35.5. The first-order chi connectivity index (χ1) is 9.88. The van der Waals surface area contributed by atoms with Crippen molar-refractivity contribution in [3.05, 3.63) is 62.1 Å². The van der Waals surface area contributed by atoms with Crippen LogP contribution in [0.2, 0.25) is 10.0 Å². The average molecular weight is 327 g/mol. The molecule has 7 heteroatoms. The number of hydrogen-bond donors (Lipinski definition) is 2. The summed E-state index contributed by atoms with van der Waals surface area (Å²) in [5.74, 6) is -0.158. The molecule has 0 aromatic heterocycles. The van der Waals surface area contributed by atoms with Gasteiger partial charge in [-0.1, -0.05) is 29.3 Å². The molecule has 21 heavy (non-hydrogen) atoms. The number of phenols is 1. The summed E-state index contributed by atoms with van der Waals surface area (Å²) in [4.78, 5) is 10.5. The zero-order valence-electron chi connectivity index (χ0n) is 11.0. The summed E-state index contributed by atoms with van der Waals surface area (Å²) in [6.45, 7) is 1.84. The third-order valence-electron chi connectivity index (χ3n) is 2.99. The first kappa shape index (κ1) is 15.4. The highest BCUT2D eigenvalue weighted by molar-refractivity contribution is 6.42. The summed E-state index contributed by atoms with van der Waals surface area (Å²) in [5, 5.41) is 24.2. The first-order valence-electron chi connectivity index (χ1n) is 6.07. The molecule has 110 valence electrons. The minimum Gasteiger partial charge on any atom is -0.508 e. The van der Waals surface area contributed by atoms with Gasteiger partial charge in [-0.3, -0.25) is 10.1 Å². The van der Waals surface area contributed by atoms with Gasteiger partial charge in [0.05, 0.1) is 21.0 Å². The molecule has 0 fully saturated rings. The summed E-state index contributed by atoms with van der Waals surface area (Å²) in [6.07, 6.45) is 0. The number of halogens is 2. The van der Waals surface area contributed by atoms with Crippen LogP contribution in [0.15, 0.2) is 36.4 Å². The van der Waals surface area contributed by atoms with Gasteiger partial charge in [0.25, 0.3) is 5.69 Å². The zero-order valence-corrected chi connectivity index (χ0v) is 12.5. The number of nitrogens with zero attached hydrogens (tertiary/aromatic N) is 1. The van der Waals surface area contributed by atoms with Crippen molar-refractivity contribution in [2.24, 2.45) is 0 Å². The van der Waals surface area contributed by atoms with E-state index in [-0.39, 0.29) is 17.5 Å². The minimum atomic E-state index is -0.552. The van der Waals surface area contributed by atoms with E-state index in [1.54, 1.807) is 18.2 Å². The van der Waals surface area contributed by atoms with Gasteiger partial charge in [0.15, 0.2) is 0 Å². The molecule has 0 saturated carbocycles. The van der Waals surface area contributed by atoms with E-state index in [1.807, 2.05) is 6.92 Å². The largest absolute Gasteiger partial charge is 0.508 e. The summed E-state index contributed by atoms with van der Waals surface area (Å²) in [5.41, 5.74) is 0.963. The van der Waals surface area contributed by atoms with Crippen LogP contribution in [0.1, 0.15) is 18.5 Å². The van der Waals surface area contributed by atoms with Crippen molar-refractivity contribution in [3.8, 4) is 5.75 Å². The van der Waals surface area contributed by atoms with Crippen LogP contribution in [-0.2, 0) is 0 Å². The van der Waals surface area contributed by atoms with Gasteiger partial charge < -0.3 is 10.4 Å². The smallest absolute Gasteiger partial charge is 0.296 e. The Morgan fingerprint density at radius 1 is 1.19 bits per heavy atom. The number of benzene rings is 2. The molecular formula is C14H12Cl2N2O3. The summed E-state index contributed by atoms with van der Waals surface area (Å²) in [7, 11) is 0. The molecule has 5 nitrogen and oxygen atoms in total. The Hall–Kier alpha value is -1.98. The fourth-order valence-electron chi connectivity index (χ4n) is 1.89. The Labute approximate surface area is 131 Å². The van der Waals surface area contributed by atoms with E-state index in [1.165, 1.54) is 12.1 Å². The Morgan fingerprint density at radius 2 is 1.90 bits per heavy atom. The van der Waals surface area contributed by atoms with Gasteiger partial charge >= 0.3 is 0 Å². The third kappa shape index (κ3) is 3.56. The van der Waals surface area contributed by atoms with Crippen LogP contribution in [0.4, 0.5) is 11.4 Å². The molecular weight excluding hydrogens is 315 g/mol. The molecule has 0 heterocycles. The SMILES string of the molecule is CC(Nc1ccc(O)cc1[N+](=O)[O-])c1ccc(Cl)c(Cl)c1. The van der Waals surface area contributed by atoms with Gasteiger partial charge in [0.2, 0.25) is 0 Å². The number of nitro benzene ring substituents is 1. The second kappa shape index (κ2) is 6.20. The molecule has 2 aromatic rings. The monoisotopic (exact) mass is 326 g/mol. The van der Waals surface area contributed by atoms with E-state index in [0.717, 1.165) is 11.6 Å². The average Bonchev–Trinajstić information content (AvgIpc) is 2.43. The highest BCUT2D eigenvalue weighted by Gasteiger charge is 2.17. The van der Waals surface area contributed by atoms with E-state index >= 15 is 0 Å². The number of nitrogens with one attached hydrogen (secondary N) is 1. The predicted octanol–water partition coefficient (Wildman–Crippen LogP) is 4.78. The Morgan fingerprint density at radius 3 is 2.52 bits per heavy atom. The van der Waals surface area contributed by atoms with Gasteiger partial charge in [-0.25, -0.2) is 0 Å². The maximum atomic E-state index is 11.0. The molecule has 0 aliphatic carbocycles. The number of nitro groups is 1. The lowest BCUT2D eigenvalue weighted by atomic mass is 10.1. The number of anilines is 1. The van der Waals surface area contributed by atoms with Crippen molar-refractivity contribution in [2.75, 3.05) is 5.32 Å². The molecule has 2 rings (SSSR count). The summed E-state index contributed by atoms with van der Waals surface area (Å²) < 4.78 is 0. The van der Waals surface area contributed by atoms with Gasteiger partial charge in [-0.15, -0.1) is 0 Å². The van der Waals surface area contributed by atoms with Crippen LogP contribution in [0.3, 0.4) is 0 Å². The lowest BCUT2D eigenvalue weighted by molar-refractivity contribution is -0.384. The van der Waals surface area contributed by atoms with E-state index in [0.29, 0.717) is 15.7 Å². The molecule has 0 radical (unpaired) electrons. The van der Waals surface area contributed by atoms with Crippen molar-refractivity contribution in [1.82, 2.24) is 0 Å². The van der Waals surface area contributed by atoms with Crippen molar-refractivity contribution in [2.45, 2.75) is 13.0 Å². The molecule has 0 bridgehead atoms. The van der Waals surface area contributed by atoms with Crippen LogP contribution >= 0.6 is 23.2 Å². The maximum absolute atomic E-state index is 11.0. The maximum Gasteiger partial charge on any atom is 0.296 e. The van der Waals surface area contributed by atoms with Crippen molar-refractivity contribution in [1.29, 1.82) is 0 Å². The second-order valence-corrected chi connectivity index (χ2v) is 5.31. The summed E-state index contributed by atoms with van der Waals surface area (Å²) in [6, 6.07) is 8.89. The quantitative estimate of drug-likeness (QED) is 0.481. The Bertz CT molecular complexity index is 692. The van der Waals surface area contributed by atoms with E-state index in [2.05, 4.69) is 5.32 Å². The van der Waals surface area contributed by atoms with Crippen LogP contribution in [0.5, 0.6) is 5.75 Å². The topological polar surface area (TPSA) is 75.4 Å². The minimum absolute atomic E-state index is 0.158. The molecule has 0 saturated heterocycles. The van der Waals surface area contributed by atoms with E-state index < -0.39 is 4.92 Å². The molecule has 2 N–H and O–H groups in total. The van der Waals surface area contributed by atoms with Crippen molar-refractivity contribution < 1.29 is 10.0 Å². The van der Waals surface area contributed by atoms with Gasteiger partial charge in [-0.05, 0) is 36.8 Å². The zero-order chi connectivity index (χ0) is 15.6. The van der Waals surface area contributed by atoms with Gasteiger partial charge in [0.1, 0.15) is 11.4 Å². The molecule has 1 atom stereocenters. The van der Waals surface area contributed by atoms with Crippen LogP contribution < -0.4 is 5.32 Å². The Balaban J connectivity index is 2.29. The molecule has 0 amide bonds. The predicted molar refractivity (Wildman–Crippen MR) is 83.3 cm³/mol. The van der Waals surface area contributed by atoms with E-state index in [9.17, 15) is 15.2 Å². The fraction of sp³-hybridized carbons (Fsp3) is 0.143. The molecule has 0 spiro atoms. The Kier molecular flexibility index (Phi) is 4.55. The first-order valence-corrected chi connectivity index (χ1v) is 6.83. The van der Waals surface area contributed by atoms with Crippen molar-refractivity contribution in [3.63, 3.8) is 0 Å². The third-order valence-corrected chi connectivity index (χ3v) is 3.73. The number of phenolic OH excluding ortho intramolecular Hbond substituents is 1. The van der Waals surface area contributed by atoms with Crippen LogP contribution in [0, 0.1) is 10.1 Å². The second-order valence-electron chi connectivity index (χ2n) is 4.50. The summed E-state index contributed by atoms with van der Waals surface area (Å²) >= 11 is 11.8. The molecule has 0 aliphatic rings. The number of rotatable bonds is 4. The van der Waals surface area contributed by atoms with Crippen molar-refractivity contribution >= 4 is 34.6 Å². The lowest BCUT2D eigenvalue weighted by Crippen LogP contribution is -2.08. The molecule has 1 unspecified atom stereocenters. The van der Waals surface area contributed by atoms with Crippen LogP contribution in [0.25, 0.3) is 0 Å². The number of aromatic hydroxyl groups is 1. The van der Waals surface area contributed by atoms with Gasteiger partial charge in [-0.2, -0.15) is 0 Å². The van der Waals surface area contributed by atoms with Gasteiger partial charge in [0, 0.05) is 6.04 Å². The van der Waals surface area contributed by atoms with E-state index in [4.69, 9.17) is 23.2 Å². The molecule has 2 aromatic carbocycles. The molecule has 0 aliphatic heterocycles. The number of hydrogen-bond acceptors (Lipinski definition) is 4. The fourth-order valence-corrected chi connectivity index (χ4v) is 2.20. The lowest BCUT2D eigenvalue weighted by Gasteiger charge is -2.16. The highest BCUT2D eigenvalue weighted by Crippen LogP contribution is 2.32. The normalized spacial score (nSPS) is 12.0. The van der Waals surface area contributed by atoms with Crippen LogP contribution in [-0.4, -0.2) is 10.0 Å². The standard InChI is InChI=1S/C14H12Cl2N2O3/c1-8(9-2-4-11(15)12(16)6-9)17-13-5-3-10(19)7-14(13)18(20)21/h2-8,17,19H,1H3.